The van der Waals surface area contributed by atoms with Crippen molar-refractivity contribution in [3.8, 4) is 6.07 Å². The van der Waals surface area contributed by atoms with Crippen molar-refractivity contribution < 1.29 is 9.72 Å². The first kappa shape index (κ1) is 15.4. The van der Waals surface area contributed by atoms with E-state index in [0.717, 1.165) is 0 Å². The highest BCUT2D eigenvalue weighted by molar-refractivity contribution is 6.32. The van der Waals surface area contributed by atoms with Gasteiger partial charge in [-0.1, -0.05) is 48.0 Å². The second-order valence-electron chi connectivity index (χ2n) is 4.33. The predicted molar refractivity (Wildman–Crippen MR) is 82.5 cm³/mol. The molecule has 0 aromatic heterocycles. The molecule has 0 unspecified atom stereocenters. The fraction of sp³-hybridized carbons (Fsp3) is 0. The second-order valence-corrected chi connectivity index (χ2v) is 4.74. The molecule has 2 rings (SSSR count). The number of carbonyl (C=O) groups is 1. The monoisotopic (exact) mass is 312 g/mol. The Balaban J connectivity index is 2.42. The molecule has 0 N–H and O–H groups in total. The Morgan fingerprint density at radius 3 is 2.50 bits per heavy atom. The number of benzene rings is 2. The minimum absolute atomic E-state index is 0.00459. The molecule has 0 aliphatic rings. The van der Waals surface area contributed by atoms with E-state index >= 15 is 0 Å². The smallest absolute Gasteiger partial charge is 0.288 e. The molecular weight excluding hydrogens is 304 g/mol. The van der Waals surface area contributed by atoms with Crippen LogP contribution in [0, 0.1) is 21.4 Å². The molecule has 0 heterocycles. The number of carbonyl (C=O) groups excluding carboxylic acids is 1. The molecule has 0 radical (unpaired) electrons. The Labute approximate surface area is 131 Å². The lowest BCUT2D eigenvalue weighted by atomic mass is 10.0. The first-order valence-corrected chi connectivity index (χ1v) is 6.56. The first-order valence-electron chi connectivity index (χ1n) is 6.18. The van der Waals surface area contributed by atoms with Gasteiger partial charge >= 0.3 is 0 Å². The molecule has 0 amide bonds. The Kier molecular flexibility index (Phi) is 4.66. The zero-order valence-corrected chi connectivity index (χ0v) is 11.9. The van der Waals surface area contributed by atoms with Gasteiger partial charge in [-0.3, -0.25) is 14.9 Å². The highest BCUT2D eigenvalue weighted by Gasteiger charge is 2.15. The summed E-state index contributed by atoms with van der Waals surface area (Å²) in [5, 5.41) is 20.0. The number of nitrogens with zero attached hydrogens (tertiary/aromatic N) is 2. The zero-order valence-electron chi connectivity index (χ0n) is 11.2. The predicted octanol–water partition coefficient (Wildman–Crippen LogP) is 4.04. The van der Waals surface area contributed by atoms with Crippen LogP contribution < -0.4 is 0 Å². The molecule has 0 bridgehead atoms. The van der Waals surface area contributed by atoms with E-state index < -0.39 is 10.7 Å². The van der Waals surface area contributed by atoms with Gasteiger partial charge in [-0.2, -0.15) is 5.26 Å². The summed E-state index contributed by atoms with van der Waals surface area (Å²) in [7, 11) is 0. The van der Waals surface area contributed by atoms with Gasteiger partial charge in [0.25, 0.3) is 5.69 Å². The van der Waals surface area contributed by atoms with Gasteiger partial charge in [0.15, 0.2) is 0 Å². The maximum atomic E-state index is 12.2. The summed E-state index contributed by atoms with van der Waals surface area (Å²) in [4.78, 5) is 22.4. The molecular formula is C16H9ClN2O3. The Morgan fingerprint density at radius 2 is 1.91 bits per heavy atom. The van der Waals surface area contributed by atoms with Gasteiger partial charge in [0, 0.05) is 11.6 Å². The number of nitriles is 1. The van der Waals surface area contributed by atoms with E-state index in [9.17, 15) is 14.9 Å². The quantitative estimate of drug-likeness (QED) is 0.280. The van der Waals surface area contributed by atoms with E-state index in [0.29, 0.717) is 11.1 Å². The van der Waals surface area contributed by atoms with E-state index in [1.54, 1.807) is 30.3 Å². The number of allylic oxidation sites excluding steroid dienone is 1. The largest absolute Gasteiger partial charge is 0.288 e. The summed E-state index contributed by atoms with van der Waals surface area (Å²) in [6.07, 6.45) is 1.30. The summed E-state index contributed by atoms with van der Waals surface area (Å²) in [6.45, 7) is 0. The summed E-state index contributed by atoms with van der Waals surface area (Å²) in [5.74, 6) is -0.444. The van der Waals surface area contributed by atoms with Crippen LogP contribution in [0.2, 0.25) is 5.02 Å². The summed E-state index contributed by atoms with van der Waals surface area (Å²) >= 11 is 5.73. The minimum Gasteiger partial charge on any atom is -0.288 e. The molecule has 0 aliphatic carbocycles. The third kappa shape index (κ3) is 3.37. The summed E-state index contributed by atoms with van der Waals surface area (Å²) in [6, 6.07) is 14.2. The molecule has 0 saturated carbocycles. The number of hydrogen-bond donors (Lipinski definition) is 0. The average Bonchev–Trinajstić information content (AvgIpc) is 2.54. The number of nitro benzene ring substituents is 1. The zero-order chi connectivity index (χ0) is 16.1. The molecule has 6 heteroatoms. The van der Waals surface area contributed by atoms with Crippen molar-refractivity contribution in [2.75, 3.05) is 0 Å². The third-order valence-electron chi connectivity index (χ3n) is 2.88. The fourth-order valence-electron chi connectivity index (χ4n) is 1.82. The summed E-state index contributed by atoms with van der Waals surface area (Å²) < 4.78 is 0. The molecule has 0 fully saturated rings. The van der Waals surface area contributed by atoms with E-state index in [-0.39, 0.29) is 16.3 Å². The number of halogens is 1. The van der Waals surface area contributed by atoms with Crippen LogP contribution in [0.25, 0.3) is 6.08 Å². The molecule has 0 saturated heterocycles. The maximum absolute atomic E-state index is 12.2. The molecule has 2 aromatic carbocycles. The topological polar surface area (TPSA) is 84.0 Å². The average molecular weight is 313 g/mol. The highest BCUT2D eigenvalue weighted by Crippen LogP contribution is 2.26. The van der Waals surface area contributed by atoms with Crippen molar-refractivity contribution in [3.05, 3.63) is 80.4 Å². The van der Waals surface area contributed by atoms with E-state index in [1.165, 1.54) is 24.3 Å². The molecule has 0 aliphatic heterocycles. The number of Topliss-reactive ketones (excluding diaryl/α,β-unsaturated/α-hetero) is 1. The van der Waals surface area contributed by atoms with Crippen molar-refractivity contribution in [2.24, 2.45) is 0 Å². The fourth-order valence-corrected chi connectivity index (χ4v) is 2.01. The SMILES string of the molecule is N#C/C(=C\c1ccc(Cl)c([N+](=O)[O-])c1)C(=O)c1ccccc1. The van der Waals surface area contributed by atoms with Crippen molar-refractivity contribution in [2.45, 2.75) is 0 Å². The normalized spacial score (nSPS) is 10.8. The molecule has 108 valence electrons. The number of ketones is 1. The maximum Gasteiger partial charge on any atom is 0.288 e. The van der Waals surface area contributed by atoms with Gasteiger partial charge in [0.2, 0.25) is 5.78 Å². The van der Waals surface area contributed by atoms with Crippen LogP contribution in [0.4, 0.5) is 5.69 Å². The Morgan fingerprint density at radius 1 is 1.23 bits per heavy atom. The second kappa shape index (κ2) is 6.66. The van der Waals surface area contributed by atoms with Crippen molar-refractivity contribution in [1.82, 2.24) is 0 Å². The molecule has 0 atom stereocenters. The van der Waals surface area contributed by atoms with Crippen LogP contribution in [0.15, 0.2) is 54.1 Å². The van der Waals surface area contributed by atoms with Crippen LogP contribution in [0.5, 0.6) is 0 Å². The van der Waals surface area contributed by atoms with Crippen molar-refractivity contribution >= 4 is 29.1 Å². The third-order valence-corrected chi connectivity index (χ3v) is 3.20. The van der Waals surface area contributed by atoms with Gasteiger partial charge < -0.3 is 0 Å². The number of hydrogen-bond acceptors (Lipinski definition) is 4. The van der Waals surface area contributed by atoms with Crippen molar-refractivity contribution in [3.63, 3.8) is 0 Å². The van der Waals surface area contributed by atoms with Crippen LogP contribution in [0.3, 0.4) is 0 Å². The van der Waals surface area contributed by atoms with Gasteiger partial charge in [-0.25, -0.2) is 0 Å². The van der Waals surface area contributed by atoms with Crippen LogP contribution in [-0.4, -0.2) is 10.7 Å². The summed E-state index contributed by atoms with van der Waals surface area (Å²) in [5.41, 5.74) is 0.346. The Bertz CT molecular complexity index is 808. The lowest BCUT2D eigenvalue weighted by molar-refractivity contribution is -0.384. The van der Waals surface area contributed by atoms with Gasteiger partial charge in [-0.05, 0) is 17.7 Å². The highest BCUT2D eigenvalue weighted by atomic mass is 35.5. The van der Waals surface area contributed by atoms with E-state index in [4.69, 9.17) is 16.9 Å². The number of rotatable bonds is 4. The van der Waals surface area contributed by atoms with Crippen LogP contribution in [-0.2, 0) is 0 Å². The van der Waals surface area contributed by atoms with Gasteiger partial charge in [0.1, 0.15) is 16.7 Å². The number of nitro groups is 1. The van der Waals surface area contributed by atoms with Gasteiger partial charge in [0.05, 0.1) is 4.92 Å². The minimum atomic E-state index is -0.620. The van der Waals surface area contributed by atoms with Gasteiger partial charge in [-0.15, -0.1) is 0 Å². The lowest BCUT2D eigenvalue weighted by Crippen LogP contribution is -2.01. The standard InChI is InChI=1S/C16H9ClN2O3/c17-14-7-6-11(9-15(14)19(21)22)8-13(10-18)16(20)12-4-2-1-3-5-12/h1-9H/b13-8+. The lowest BCUT2D eigenvalue weighted by Gasteiger charge is -2.01. The first-order chi connectivity index (χ1) is 10.5. The molecule has 5 nitrogen and oxygen atoms in total. The van der Waals surface area contributed by atoms with Crippen molar-refractivity contribution in [1.29, 1.82) is 5.26 Å². The Hall–Kier alpha value is -2.97. The molecule has 0 spiro atoms. The van der Waals surface area contributed by atoms with E-state index in [1.807, 2.05) is 6.07 Å². The molecule has 22 heavy (non-hydrogen) atoms. The van der Waals surface area contributed by atoms with E-state index in [2.05, 4.69) is 0 Å². The van der Waals surface area contributed by atoms with Crippen LogP contribution >= 0.6 is 11.6 Å². The molecule has 2 aromatic rings. The van der Waals surface area contributed by atoms with Crippen LogP contribution in [0.1, 0.15) is 15.9 Å².